The summed E-state index contributed by atoms with van der Waals surface area (Å²) in [5.41, 5.74) is -0.784. The summed E-state index contributed by atoms with van der Waals surface area (Å²) in [5, 5.41) is 0. The molecule has 1 fully saturated rings. The Kier molecular flexibility index (Phi) is 3.03. The van der Waals surface area contributed by atoms with Crippen molar-refractivity contribution in [2.24, 2.45) is 0 Å². The van der Waals surface area contributed by atoms with Crippen LogP contribution < -0.4 is 11.2 Å². The predicted molar refractivity (Wildman–Crippen MR) is 59.0 cm³/mol. The molecule has 1 aliphatic rings. The Morgan fingerprint density at radius 1 is 1.53 bits per heavy atom. The molecule has 0 saturated carbocycles. The third-order valence-corrected chi connectivity index (χ3v) is 3.04. The van der Waals surface area contributed by atoms with Gasteiger partial charge < -0.3 is 4.74 Å². The number of nitrogens with one attached hydrogen (secondary N) is 1. The van der Waals surface area contributed by atoms with E-state index in [0.29, 0.717) is 0 Å². The van der Waals surface area contributed by atoms with Crippen LogP contribution in [0.1, 0.15) is 19.1 Å². The molecule has 15 heavy (non-hydrogen) atoms. The van der Waals surface area contributed by atoms with Gasteiger partial charge in [0.25, 0.3) is 5.56 Å². The zero-order valence-electron chi connectivity index (χ0n) is 8.18. The molecule has 0 radical (unpaired) electrons. The molecule has 3 unspecified atom stereocenters. The maximum atomic E-state index is 11.4. The van der Waals surface area contributed by atoms with Gasteiger partial charge >= 0.3 is 5.69 Å². The van der Waals surface area contributed by atoms with Crippen LogP contribution in [0.15, 0.2) is 21.9 Å². The molecular weight excluding hydrogens is 215 g/mol. The van der Waals surface area contributed by atoms with Crippen molar-refractivity contribution in [3.63, 3.8) is 0 Å². The number of ether oxygens (including phenoxy) is 1. The Labute approximate surface area is 88.7 Å². The molecule has 0 amide bonds. The van der Waals surface area contributed by atoms with Crippen LogP contribution in [-0.4, -0.2) is 21.8 Å². The lowest BCUT2D eigenvalue weighted by Gasteiger charge is -2.14. The van der Waals surface area contributed by atoms with Crippen LogP contribution in [0.25, 0.3) is 0 Å². The monoisotopic (exact) mass is 228 g/mol. The molecule has 1 saturated heterocycles. The van der Waals surface area contributed by atoms with Crippen molar-refractivity contribution in [1.82, 2.24) is 9.55 Å². The first-order valence-corrected chi connectivity index (χ1v) is 5.69. The van der Waals surface area contributed by atoms with Gasteiger partial charge in [-0.3, -0.25) is 14.3 Å². The van der Waals surface area contributed by atoms with E-state index >= 15 is 0 Å². The van der Waals surface area contributed by atoms with Crippen molar-refractivity contribution in [3.05, 3.63) is 33.1 Å². The largest absolute Gasteiger partial charge is 0.354 e. The number of aromatic amines is 1. The lowest BCUT2D eigenvalue weighted by Crippen LogP contribution is -2.31. The Hall–Kier alpha value is -0.930. The average Bonchev–Trinajstić information content (AvgIpc) is 2.66. The molecule has 1 aliphatic heterocycles. The van der Waals surface area contributed by atoms with E-state index in [1.165, 1.54) is 16.8 Å². The molecule has 1 N–H and O–H groups in total. The van der Waals surface area contributed by atoms with Crippen LogP contribution in [0, 0.1) is 0 Å². The van der Waals surface area contributed by atoms with E-state index in [0.717, 1.165) is 19.0 Å². The van der Waals surface area contributed by atoms with Crippen LogP contribution in [0.4, 0.5) is 0 Å². The van der Waals surface area contributed by atoms with Crippen molar-refractivity contribution in [3.8, 4) is 0 Å². The molecule has 6 heteroatoms. The fourth-order valence-electron chi connectivity index (χ4n) is 1.72. The van der Waals surface area contributed by atoms with Gasteiger partial charge in [0.05, 0.1) is 6.10 Å². The minimum atomic E-state index is -0.406. The van der Waals surface area contributed by atoms with Gasteiger partial charge in [-0.1, -0.05) is 0 Å². The van der Waals surface area contributed by atoms with Crippen LogP contribution in [-0.2, 0) is 4.74 Å². The molecule has 2 rings (SSSR count). The SMILES string of the molecule is O=c1ccn(C2CCC(CP)O2)c(=O)[nH]1. The van der Waals surface area contributed by atoms with Gasteiger partial charge in [-0.2, -0.15) is 0 Å². The van der Waals surface area contributed by atoms with Gasteiger partial charge in [0.1, 0.15) is 6.23 Å². The third kappa shape index (κ3) is 2.19. The maximum Gasteiger partial charge on any atom is 0.330 e. The highest BCUT2D eigenvalue weighted by Gasteiger charge is 2.25. The van der Waals surface area contributed by atoms with E-state index in [9.17, 15) is 9.59 Å². The minimum Gasteiger partial charge on any atom is -0.354 e. The topological polar surface area (TPSA) is 64.1 Å². The Morgan fingerprint density at radius 3 is 2.93 bits per heavy atom. The summed E-state index contributed by atoms with van der Waals surface area (Å²) in [6.07, 6.45) is 4.06. The van der Waals surface area contributed by atoms with Crippen molar-refractivity contribution in [2.45, 2.75) is 25.2 Å². The second-order valence-electron chi connectivity index (χ2n) is 3.54. The van der Waals surface area contributed by atoms with Crippen molar-refractivity contribution >= 4 is 9.24 Å². The van der Waals surface area contributed by atoms with Gasteiger partial charge in [0, 0.05) is 12.3 Å². The first-order chi connectivity index (χ1) is 7.20. The lowest BCUT2D eigenvalue weighted by atomic mass is 10.2. The number of aromatic nitrogens is 2. The third-order valence-electron chi connectivity index (χ3n) is 2.51. The van der Waals surface area contributed by atoms with Crippen molar-refractivity contribution in [2.75, 3.05) is 6.16 Å². The maximum absolute atomic E-state index is 11.4. The van der Waals surface area contributed by atoms with Gasteiger partial charge in [0.15, 0.2) is 0 Å². The summed E-state index contributed by atoms with van der Waals surface area (Å²) in [6, 6.07) is 1.33. The van der Waals surface area contributed by atoms with Gasteiger partial charge in [-0.05, 0) is 19.0 Å². The first-order valence-electron chi connectivity index (χ1n) is 4.87. The average molecular weight is 228 g/mol. The standard InChI is InChI=1S/C9H13N2O3P/c12-7-3-4-11(9(13)10-7)8-2-1-6(5-15)14-8/h3-4,6,8H,1-2,5,15H2,(H,10,12,13). The molecule has 3 atom stereocenters. The number of H-pyrrole nitrogens is 1. The molecule has 1 aromatic heterocycles. The fraction of sp³-hybridized carbons (Fsp3) is 0.556. The normalized spacial score (nSPS) is 25.7. The summed E-state index contributed by atoms with van der Waals surface area (Å²) in [7, 11) is 2.63. The highest BCUT2D eigenvalue weighted by molar-refractivity contribution is 7.16. The van der Waals surface area contributed by atoms with Gasteiger partial charge in [-0.25, -0.2) is 4.79 Å². The molecule has 0 aliphatic carbocycles. The number of rotatable bonds is 2. The predicted octanol–water partition coefficient (Wildman–Crippen LogP) is 0.0893. The smallest absolute Gasteiger partial charge is 0.330 e. The van der Waals surface area contributed by atoms with E-state index in [2.05, 4.69) is 14.2 Å². The van der Waals surface area contributed by atoms with Crippen LogP contribution >= 0.6 is 9.24 Å². The van der Waals surface area contributed by atoms with Gasteiger partial charge in [-0.15, -0.1) is 9.24 Å². The number of hydrogen-bond acceptors (Lipinski definition) is 3. The summed E-state index contributed by atoms with van der Waals surface area (Å²) in [4.78, 5) is 24.5. The van der Waals surface area contributed by atoms with E-state index < -0.39 is 5.69 Å². The fourth-order valence-corrected chi connectivity index (χ4v) is 2.07. The van der Waals surface area contributed by atoms with E-state index in [4.69, 9.17) is 4.74 Å². The van der Waals surface area contributed by atoms with E-state index in [-0.39, 0.29) is 17.9 Å². The number of nitrogens with zero attached hydrogens (tertiary/aromatic N) is 1. The minimum absolute atomic E-state index is 0.193. The molecular formula is C9H13N2O3P. The highest BCUT2D eigenvalue weighted by Crippen LogP contribution is 2.27. The molecule has 0 spiro atoms. The molecule has 1 aromatic rings. The Balaban J connectivity index is 2.24. The second kappa shape index (κ2) is 4.29. The summed E-state index contributed by atoms with van der Waals surface area (Å²) >= 11 is 0. The highest BCUT2D eigenvalue weighted by atomic mass is 31.0. The molecule has 82 valence electrons. The molecule has 0 bridgehead atoms. The lowest BCUT2D eigenvalue weighted by molar-refractivity contribution is 0.00994. The summed E-state index contributed by atoms with van der Waals surface area (Å²) in [6.45, 7) is 0. The Bertz CT molecular complexity index is 453. The number of hydrogen-bond donors (Lipinski definition) is 1. The van der Waals surface area contributed by atoms with Crippen molar-refractivity contribution in [1.29, 1.82) is 0 Å². The second-order valence-corrected chi connectivity index (χ2v) is 4.01. The van der Waals surface area contributed by atoms with Crippen LogP contribution in [0.2, 0.25) is 0 Å². The zero-order chi connectivity index (χ0) is 10.8. The Morgan fingerprint density at radius 2 is 2.33 bits per heavy atom. The van der Waals surface area contributed by atoms with Crippen LogP contribution in [0.3, 0.4) is 0 Å². The molecule has 2 heterocycles. The molecule has 5 nitrogen and oxygen atoms in total. The summed E-state index contributed by atoms with van der Waals surface area (Å²) < 4.78 is 7.07. The first kappa shape index (κ1) is 10.6. The van der Waals surface area contributed by atoms with Gasteiger partial charge in [0.2, 0.25) is 0 Å². The zero-order valence-corrected chi connectivity index (χ0v) is 9.33. The van der Waals surface area contributed by atoms with E-state index in [1.807, 2.05) is 0 Å². The van der Waals surface area contributed by atoms with E-state index in [1.54, 1.807) is 0 Å². The quantitative estimate of drug-likeness (QED) is 0.729. The molecule has 0 aromatic carbocycles. The van der Waals surface area contributed by atoms with Crippen molar-refractivity contribution < 1.29 is 4.74 Å². The summed E-state index contributed by atoms with van der Waals surface area (Å²) in [5.74, 6) is 0. The van der Waals surface area contributed by atoms with Crippen LogP contribution in [0.5, 0.6) is 0 Å².